The molecule has 0 saturated heterocycles. The number of benzene rings is 2. The number of sulfone groups is 1. The summed E-state index contributed by atoms with van der Waals surface area (Å²) < 4.78 is 24.4. The first kappa shape index (κ1) is 13.4. The van der Waals surface area contributed by atoms with Crippen LogP contribution in [0.3, 0.4) is 0 Å². The zero-order chi connectivity index (χ0) is 13.7. The molecule has 0 unspecified atom stereocenters. The lowest BCUT2D eigenvalue weighted by atomic mass is 10.3. The summed E-state index contributed by atoms with van der Waals surface area (Å²) in [6.07, 6.45) is 0. The van der Waals surface area contributed by atoms with Gasteiger partial charge in [0.15, 0.2) is 0 Å². The molecule has 0 saturated carbocycles. The van der Waals surface area contributed by atoms with Gasteiger partial charge in [0.1, 0.15) is 0 Å². The minimum Gasteiger partial charge on any atom is -0.380 e. The fourth-order valence-electron chi connectivity index (χ4n) is 1.62. The molecule has 3 nitrogen and oxygen atoms in total. The lowest BCUT2D eigenvalue weighted by Crippen LogP contribution is -2.13. The molecule has 98 valence electrons. The van der Waals surface area contributed by atoms with Crippen LogP contribution in [-0.4, -0.2) is 15.0 Å². The maximum Gasteiger partial charge on any atom is 0.203 e. The Morgan fingerprint density at radius 2 is 1.47 bits per heavy atom. The summed E-state index contributed by atoms with van der Waals surface area (Å²) in [4.78, 5) is 0.428. The number of hydrogen-bond acceptors (Lipinski definition) is 3. The largest absolute Gasteiger partial charge is 0.380 e. The van der Waals surface area contributed by atoms with Gasteiger partial charge in [0.25, 0.3) is 0 Å². The molecule has 0 spiro atoms. The van der Waals surface area contributed by atoms with Gasteiger partial charge in [0.2, 0.25) is 9.84 Å². The van der Waals surface area contributed by atoms with Gasteiger partial charge in [-0.1, -0.05) is 43.0 Å². The second-order valence-electron chi connectivity index (χ2n) is 4.07. The van der Waals surface area contributed by atoms with E-state index in [0.29, 0.717) is 0 Å². The summed E-state index contributed by atoms with van der Waals surface area (Å²) in [5.41, 5.74) is 0.868. The van der Waals surface area contributed by atoms with Crippen LogP contribution in [-0.2, 0) is 9.84 Å². The van der Waals surface area contributed by atoms with E-state index < -0.39 is 9.84 Å². The summed E-state index contributed by atoms with van der Waals surface area (Å²) >= 11 is 0. The van der Waals surface area contributed by atoms with Crippen LogP contribution < -0.4 is 5.32 Å². The smallest absolute Gasteiger partial charge is 0.203 e. The molecule has 0 radical (unpaired) electrons. The second-order valence-corrected chi connectivity index (χ2v) is 6.13. The zero-order valence-corrected chi connectivity index (χ0v) is 11.2. The van der Waals surface area contributed by atoms with Crippen molar-refractivity contribution in [3.63, 3.8) is 0 Å². The van der Waals surface area contributed by atoms with Crippen molar-refractivity contribution in [2.75, 3.05) is 11.9 Å². The van der Waals surface area contributed by atoms with Crippen molar-refractivity contribution in [1.29, 1.82) is 0 Å². The van der Waals surface area contributed by atoms with Crippen molar-refractivity contribution in [3.8, 4) is 0 Å². The Labute approximate surface area is 113 Å². The first-order valence-corrected chi connectivity index (χ1v) is 7.36. The standard InChI is InChI=1S/C15H15NO2S/c1-13(12-16-14-8-4-2-5-9-14)19(17,18)15-10-6-3-7-11-15/h2-11,16H,1,12H2. The summed E-state index contributed by atoms with van der Waals surface area (Å²) in [7, 11) is -3.47. The van der Waals surface area contributed by atoms with Crippen molar-refractivity contribution < 1.29 is 8.42 Å². The molecular formula is C15H15NO2S. The molecule has 0 aromatic heterocycles. The van der Waals surface area contributed by atoms with Gasteiger partial charge < -0.3 is 5.32 Å². The monoisotopic (exact) mass is 273 g/mol. The van der Waals surface area contributed by atoms with Crippen molar-refractivity contribution >= 4 is 15.5 Å². The average molecular weight is 273 g/mol. The van der Waals surface area contributed by atoms with Gasteiger partial charge >= 0.3 is 0 Å². The molecule has 2 rings (SSSR count). The van der Waals surface area contributed by atoms with E-state index in [4.69, 9.17) is 0 Å². The first-order valence-electron chi connectivity index (χ1n) is 5.87. The highest BCUT2D eigenvalue weighted by Gasteiger charge is 2.17. The third kappa shape index (κ3) is 3.23. The molecule has 0 bridgehead atoms. The topological polar surface area (TPSA) is 46.2 Å². The Bertz CT molecular complexity index is 649. The van der Waals surface area contributed by atoms with Crippen molar-refractivity contribution in [2.45, 2.75) is 4.90 Å². The fourth-order valence-corrected chi connectivity index (χ4v) is 2.73. The molecule has 4 heteroatoms. The van der Waals surface area contributed by atoms with E-state index in [9.17, 15) is 8.42 Å². The number of hydrogen-bond donors (Lipinski definition) is 1. The highest BCUT2D eigenvalue weighted by molar-refractivity contribution is 7.95. The first-order chi connectivity index (χ1) is 9.10. The van der Waals surface area contributed by atoms with Gasteiger partial charge in [0.05, 0.1) is 16.3 Å². The Balaban J connectivity index is 2.08. The zero-order valence-electron chi connectivity index (χ0n) is 10.4. The number of anilines is 1. The van der Waals surface area contributed by atoms with Gasteiger partial charge in [-0.25, -0.2) is 8.42 Å². The maximum atomic E-state index is 12.2. The van der Waals surface area contributed by atoms with E-state index in [-0.39, 0.29) is 16.3 Å². The predicted octanol–water partition coefficient (Wildman–Crippen LogP) is 3.09. The lowest BCUT2D eigenvalue weighted by molar-refractivity contribution is 0.601. The van der Waals surface area contributed by atoms with Crippen LogP contribution in [0.25, 0.3) is 0 Å². The molecule has 2 aromatic carbocycles. The Morgan fingerprint density at radius 3 is 2.05 bits per heavy atom. The van der Waals surface area contributed by atoms with Crippen LogP contribution in [0.4, 0.5) is 5.69 Å². The minimum atomic E-state index is -3.47. The van der Waals surface area contributed by atoms with E-state index in [1.54, 1.807) is 30.3 Å². The molecule has 0 aliphatic heterocycles. The second kappa shape index (κ2) is 5.71. The van der Waals surface area contributed by atoms with E-state index in [2.05, 4.69) is 11.9 Å². The minimum absolute atomic E-state index is 0.155. The molecule has 0 heterocycles. The number of nitrogens with one attached hydrogen (secondary N) is 1. The SMILES string of the molecule is C=C(CNc1ccccc1)S(=O)(=O)c1ccccc1. The van der Waals surface area contributed by atoms with Crippen LogP contribution in [0.2, 0.25) is 0 Å². The summed E-state index contributed by atoms with van der Waals surface area (Å²) in [6.45, 7) is 3.86. The number of para-hydroxylation sites is 1. The van der Waals surface area contributed by atoms with Crippen molar-refractivity contribution in [2.24, 2.45) is 0 Å². The molecule has 0 aliphatic carbocycles. The highest BCUT2D eigenvalue weighted by Crippen LogP contribution is 2.18. The molecule has 19 heavy (non-hydrogen) atoms. The Morgan fingerprint density at radius 1 is 0.947 bits per heavy atom. The van der Waals surface area contributed by atoms with Crippen LogP contribution in [0.5, 0.6) is 0 Å². The third-order valence-corrected chi connectivity index (χ3v) is 4.49. The van der Waals surface area contributed by atoms with Crippen LogP contribution in [0.1, 0.15) is 0 Å². The van der Waals surface area contributed by atoms with Gasteiger partial charge in [-0.05, 0) is 24.3 Å². The Hall–Kier alpha value is -2.07. The van der Waals surface area contributed by atoms with Crippen molar-refractivity contribution in [3.05, 3.63) is 72.1 Å². The summed E-state index contributed by atoms with van der Waals surface area (Å²) in [5.74, 6) is 0. The molecular weight excluding hydrogens is 258 g/mol. The third-order valence-electron chi connectivity index (χ3n) is 2.70. The van der Waals surface area contributed by atoms with E-state index in [0.717, 1.165) is 5.69 Å². The average Bonchev–Trinajstić information content (AvgIpc) is 2.46. The molecule has 0 aliphatic rings. The molecule has 0 atom stereocenters. The number of rotatable bonds is 5. The lowest BCUT2D eigenvalue weighted by Gasteiger charge is -2.10. The van der Waals surface area contributed by atoms with Gasteiger partial charge in [-0.2, -0.15) is 0 Å². The predicted molar refractivity (Wildman–Crippen MR) is 77.7 cm³/mol. The van der Waals surface area contributed by atoms with Gasteiger partial charge in [0, 0.05) is 5.69 Å². The van der Waals surface area contributed by atoms with Crippen molar-refractivity contribution in [1.82, 2.24) is 0 Å². The van der Waals surface area contributed by atoms with E-state index in [1.807, 2.05) is 30.3 Å². The summed E-state index contributed by atoms with van der Waals surface area (Å²) in [5, 5.41) is 3.04. The highest BCUT2D eigenvalue weighted by atomic mass is 32.2. The quantitative estimate of drug-likeness (QED) is 0.910. The van der Waals surface area contributed by atoms with Gasteiger partial charge in [-0.15, -0.1) is 0 Å². The molecule has 0 amide bonds. The summed E-state index contributed by atoms with van der Waals surface area (Å²) in [6, 6.07) is 17.8. The Kier molecular flexibility index (Phi) is 4.02. The molecule has 0 fully saturated rings. The van der Waals surface area contributed by atoms with Crippen LogP contribution >= 0.6 is 0 Å². The van der Waals surface area contributed by atoms with Crippen LogP contribution in [0, 0.1) is 0 Å². The molecule has 2 aromatic rings. The van der Waals surface area contributed by atoms with E-state index in [1.165, 1.54) is 0 Å². The van der Waals surface area contributed by atoms with E-state index >= 15 is 0 Å². The molecule has 1 N–H and O–H groups in total. The maximum absolute atomic E-state index is 12.2. The normalized spacial score (nSPS) is 10.9. The van der Waals surface area contributed by atoms with Gasteiger partial charge in [-0.3, -0.25) is 0 Å². The van der Waals surface area contributed by atoms with Crippen LogP contribution in [0.15, 0.2) is 77.0 Å². The fraction of sp³-hybridized carbons (Fsp3) is 0.0667.